The van der Waals surface area contributed by atoms with E-state index in [1.807, 2.05) is 53.5 Å². The second-order valence-electron chi connectivity index (χ2n) is 7.50. The largest absolute Gasteiger partial charge is 0.463 e. The van der Waals surface area contributed by atoms with E-state index in [4.69, 9.17) is 31.1 Å². The molecule has 0 bridgehead atoms. The fourth-order valence-corrected chi connectivity index (χ4v) is 4.98. The molecule has 0 fully saturated rings. The number of hydrogen-bond donors (Lipinski definition) is 0. The van der Waals surface area contributed by atoms with Crippen molar-refractivity contribution < 1.29 is 4.42 Å². The first-order chi connectivity index (χ1) is 15.8. The summed E-state index contributed by atoms with van der Waals surface area (Å²) in [6, 6.07) is 23.8. The van der Waals surface area contributed by atoms with Crippen molar-refractivity contribution >= 4 is 45.5 Å². The summed E-state index contributed by atoms with van der Waals surface area (Å²) < 4.78 is 5.63. The van der Waals surface area contributed by atoms with E-state index in [0.717, 1.165) is 33.6 Å². The number of thiophene rings is 1. The summed E-state index contributed by atoms with van der Waals surface area (Å²) in [5, 5.41) is 10.5. The lowest BCUT2D eigenvalue weighted by atomic mass is 10.1. The van der Waals surface area contributed by atoms with Crippen LogP contribution >= 0.6 is 22.9 Å². The Morgan fingerprint density at radius 1 is 0.969 bits per heavy atom. The summed E-state index contributed by atoms with van der Waals surface area (Å²) in [6.45, 7) is 0. The van der Waals surface area contributed by atoms with Crippen LogP contribution in [0.1, 0.15) is 23.1 Å². The van der Waals surface area contributed by atoms with E-state index in [0.29, 0.717) is 17.4 Å². The number of furan rings is 1. The molecule has 7 heteroatoms. The van der Waals surface area contributed by atoms with Crippen molar-refractivity contribution in [2.24, 2.45) is 5.10 Å². The van der Waals surface area contributed by atoms with E-state index in [-0.39, 0.29) is 6.04 Å². The number of anilines is 1. The first kappa shape index (κ1) is 19.2. The maximum atomic E-state index is 6.32. The van der Waals surface area contributed by atoms with E-state index >= 15 is 0 Å². The smallest absolute Gasteiger partial charge is 0.247 e. The van der Waals surface area contributed by atoms with Gasteiger partial charge in [0.05, 0.1) is 23.5 Å². The maximum absolute atomic E-state index is 6.32. The van der Waals surface area contributed by atoms with E-state index in [1.54, 1.807) is 17.6 Å². The van der Waals surface area contributed by atoms with Gasteiger partial charge >= 0.3 is 0 Å². The van der Waals surface area contributed by atoms with Crippen LogP contribution in [0, 0.1) is 0 Å². The minimum atomic E-state index is -0.00430. The Morgan fingerprint density at radius 3 is 2.66 bits per heavy atom. The average Bonchev–Trinajstić information content (AvgIpc) is 3.60. The molecule has 0 radical (unpaired) electrons. The Balaban J connectivity index is 1.55. The van der Waals surface area contributed by atoms with Crippen LogP contribution in [0.2, 0.25) is 5.02 Å². The number of hydrogen-bond acceptors (Lipinski definition) is 6. The van der Waals surface area contributed by atoms with Crippen LogP contribution in [-0.4, -0.2) is 15.7 Å². The molecular formula is C25H17ClN4OS. The molecule has 1 unspecified atom stereocenters. The Bertz CT molecular complexity index is 1420. The highest BCUT2D eigenvalue weighted by molar-refractivity contribution is 7.10. The standard InChI is InChI=1S/C25H17ClN4OS/c26-17-10-11-18-19(14-17)27-25(28-24(18)16-6-2-1-3-7-16)30-21(23-9-5-13-32-23)15-20(29-30)22-8-4-12-31-22/h1-14,21H,15H2. The molecular weight excluding hydrogens is 440 g/mol. The minimum Gasteiger partial charge on any atom is -0.463 e. The summed E-state index contributed by atoms with van der Waals surface area (Å²) in [5.41, 5.74) is 3.54. The minimum absolute atomic E-state index is 0.00430. The van der Waals surface area contributed by atoms with Crippen molar-refractivity contribution in [3.63, 3.8) is 0 Å². The van der Waals surface area contributed by atoms with E-state index in [9.17, 15) is 0 Å². The zero-order valence-corrected chi connectivity index (χ0v) is 18.4. The first-order valence-corrected chi connectivity index (χ1v) is 11.5. The van der Waals surface area contributed by atoms with Gasteiger partial charge in [0, 0.05) is 27.3 Å². The zero-order valence-electron chi connectivity index (χ0n) is 16.9. The van der Waals surface area contributed by atoms with Gasteiger partial charge in [0.25, 0.3) is 0 Å². The Kier molecular flexibility index (Phi) is 4.74. The van der Waals surface area contributed by atoms with Crippen LogP contribution in [0.3, 0.4) is 0 Å². The maximum Gasteiger partial charge on any atom is 0.247 e. The van der Waals surface area contributed by atoms with Crippen LogP contribution in [0.15, 0.2) is 94.0 Å². The van der Waals surface area contributed by atoms with E-state index < -0.39 is 0 Å². The van der Waals surface area contributed by atoms with Crippen molar-refractivity contribution in [1.82, 2.24) is 9.97 Å². The lowest BCUT2D eigenvalue weighted by Gasteiger charge is -2.21. The number of rotatable bonds is 4. The third kappa shape index (κ3) is 3.38. The zero-order chi connectivity index (χ0) is 21.5. The van der Waals surface area contributed by atoms with Gasteiger partial charge in [0.1, 0.15) is 11.5 Å². The lowest BCUT2D eigenvalue weighted by molar-refractivity contribution is 0.556. The van der Waals surface area contributed by atoms with Crippen LogP contribution in [-0.2, 0) is 0 Å². The van der Waals surface area contributed by atoms with Gasteiger partial charge < -0.3 is 4.42 Å². The SMILES string of the molecule is Clc1ccc2c(-c3ccccc3)nc(N3N=C(c4ccco4)CC3c3cccs3)nc2c1. The highest BCUT2D eigenvalue weighted by Crippen LogP contribution is 2.39. The molecule has 1 aliphatic rings. The highest BCUT2D eigenvalue weighted by atomic mass is 35.5. The van der Waals surface area contributed by atoms with Crippen LogP contribution in [0.4, 0.5) is 5.95 Å². The monoisotopic (exact) mass is 456 g/mol. The van der Waals surface area contributed by atoms with Crippen molar-refractivity contribution in [1.29, 1.82) is 0 Å². The molecule has 1 atom stereocenters. The molecule has 0 saturated carbocycles. The van der Waals surface area contributed by atoms with Crippen molar-refractivity contribution in [2.45, 2.75) is 12.5 Å². The second-order valence-corrected chi connectivity index (χ2v) is 8.92. The number of hydrazone groups is 1. The Labute approximate surface area is 193 Å². The van der Waals surface area contributed by atoms with Gasteiger partial charge in [-0.15, -0.1) is 11.3 Å². The van der Waals surface area contributed by atoms with Gasteiger partial charge in [0.15, 0.2) is 0 Å². The molecule has 0 aliphatic carbocycles. The quantitative estimate of drug-likeness (QED) is 0.293. The Morgan fingerprint density at radius 2 is 1.88 bits per heavy atom. The fourth-order valence-electron chi connectivity index (χ4n) is 4.00. The summed E-state index contributed by atoms with van der Waals surface area (Å²) in [7, 11) is 0. The number of halogens is 1. The third-order valence-electron chi connectivity index (χ3n) is 5.49. The van der Waals surface area contributed by atoms with Crippen LogP contribution < -0.4 is 5.01 Å². The van der Waals surface area contributed by atoms with E-state index in [2.05, 4.69) is 29.6 Å². The molecule has 156 valence electrons. The van der Waals surface area contributed by atoms with Gasteiger partial charge in [-0.25, -0.2) is 15.0 Å². The molecule has 5 nitrogen and oxygen atoms in total. The number of benzene rings is 2. The predicted octanol–water partition coefficient (Wildman–Crippen LogP) is 6.96. The molecule has 0 amide bonds. The molecule has 3 aromatic heterocycles. The number of aromatic nitrogens is 2. The molecule has 5 aromatic rings. The molecule has 1 aliphatic heterocycles. The molecule has 0 spiro atoms. The summed E-state index contributed by atoms with van der Waals surface area (Å²) in [5.74, 6) is 1.31. The van der Waals surface area contributed by atoms with Crippen molar-refractivity contribution in [3.8, 4) is 11.3 Å². The van der Waals surface area contributed by atoms with Gasteiger partial charge in [-0.3, -0.25) is 0 Å². The Hall–Kier alpha value is -3.48. The van der Waals surface area contributed by atoms with Crippen LogP contribution in [0.5, 0.6) is 0 Å². The normalized spacial score (nSPS) is 16.0. The molecule has 32 heavy (non-hydrogen) atoms. The molecule has 0 N–H and O–H groups in total. The van der Waals surface area contributed by atoms with Crippen LogP contribution in [0.25, 0.3) is 22.2 Å². The van der Waals surface area contributed by atoms with E-state index in [1.165, 1.54) is 4.88 Å². The van der Waals surface area contributed by atoms with Gasteiger partial charge in [-0.2, -0.15) is 5.10 Å². The topological polar surface area (TPSA) is 54.5 Å². The van der Waals surface area contributed by atoms with Gasteiger partial charge in [-0.1, -0.05) is 48.0 Å². The fraction of sp³-hybridized carbons (Fsp3) is 0.0800. The van der Waals surface area contributed by atoms with Gasteiger partial charge in [0.2, 0.25) is 5.95 Å². The molecule has 6 rings (SSSR count). The lowest BCUT2D eigenvalue weighted by Crippen LogP contribution is -2.20. The molecule has 2 aromatic carbocycles. The van der Waals surface area contributed by atoms with Gasteiger partial charge in [-0.05, 0) is 41.8 Å². The summed E-state index contributed by atoms with van der Waals surface area (Å²) in [4.78, 5) is 11.1. The summed E-state index contributed by atoms with van der Waals surface area (Å²) >= 11 is 8.02. The first-order valence-electron chi connectivity index (χ1n) is 10.2. The number of nitrogens with zero attached hydrogens (tertiary/aromatic N) is 4. The summed E-state index contributed by atoms with van der Waals surface area (Å²) in [6.07, 6.45) is 2.38. The molecule has 4 heterocycles. The highest BCUT2D eigenvalue weighted by Gasteiger charge is 2.33. The third-order valence-corrected chi connectivity index (χ3v) is 6.70. The molecule has 0 saturated heterocycles. The predicted molar refractivity (Wildman–Crippen MR) is 129 cm³/mol. The van der Waals surface area contributed by atoms with Crippen molar-refractivity contribution in [2.75, 3.05) is 5.01 Å². The van der Waals surface area contributed by atoms with Crippen molar-refractivity contribution in [3.05, 3.63) is 100 Å². The number of fused-ring (bicyclic) bond motifs is 1. The second kappa shape index (κ2) is 7.89. The average molecular weight is 457 g/mol.